The van der Waals surface area contributed by atoms with Crippen LogP contribution >= 0.6 is 0 Å². The summed E-state index contributed by atoms with van der Waals surface area (Å²) in [5.41, 5.74) is 2.75. The SMILES string of the molecule is CCC[C@@](CCc1ccccc1)(CC(=O)C(Cc1cccc([N+](=O)[O-])c1)C(=O)OC)OCOc1ccc(-c2ccccc2)cc1. The van der Waals surface area contributed by atoms with Gasteiger partial charge < -0.3 is 14.2 Å². The predicted molar refractivity (Wildman–Crippen MR) is 173 cm³/mol. The molecule has 4 aromatic rings. The number of methoxy groups -OCH3 is 1. The zero-order valence-corrected chi connectivity index (χ0v) is 25.7. The van der Waals surface area contributed by atoms with Crippen molar-refractivity contribution >= 4 is 17.4 Å². The normalized spacial score (nSPS) is 12.9. The molecule has 0 saturated heterocycles. The fraction of sp³-hybridized carbons (Fsp3) is 0.297. The highest BCUT2D eigenvalue weighted by Crippen LogP contribution is 2.32. The number of nitrogens with zero attached hydrogens (tertiary/aromatic N) is 1. The van der Waals surface area contributed by atoms with E-state index in [1.807, 2.05) is 91.9 Å². The number of benzene rings is 4. The number of Topliss-reactive ketones (excluding diaryl/α,β-unsaturated/α-hetero) is 1. The van der Waals surface area contributed by atoms with Crippen LogP contribution in [-0.4, -0.2) is 36.2 Å². The zero-order valence-electron chi connectivity index (χ0n) is 25.7. The summed E-state index contributed by atoms with van der Waals surface area (Å²) in [4.78, 5) is 37.6. The number of carbonyl (C=O) groups is 2. The van der Waals surface area contributed by atoms with E-state index in [-0.39, 0.29) is 31.1 Å². The van der Waals surface area contributed by atoms with E-state index >= 15 is 0 Å². The van der Waals surface area contributed by atoms with Crippen molar-refractivity contribution in [3.63, 3.8) is 0 Å². The zero-order chi connectivity index (χ0) is 32.1. The molecule has 0 amide bonds. The number of hydrogen-bond acceptors (Lipinski definition) is 7. The van der Waals surface area contributed by atoms with Crippen LogP contribution in [0.5, 0.6) is 5.75 Å². The van der Waals surface area contributed by atoms with E-state index in [0.717, 1.165) is 23.1 Å². The third-order valence-corrected chi connectivity index (χ3v) is 7.90. The van der Waals surface area contributed by atoms with Crippen molar-refractivity contribution in [3.05, 3.63) is 130 Å². The van der Waals surface area contributed by atoms with Crippen molar-refractivity contribution in [1.82, 2.24) is 0 Å². The molecule has 0 fully saturated rings. The van der Waals surface area contributed by atoms with Crippen LogP contribution < -0.4 is 4.74 Å². The van der Waals surface area contributed by atoms with Gasteiger partial charge >= 0.3 is 5.97 Å². The van der Waals surface area contributed by atoms with Crippen LogP contribution in [0.25, 0.3) is 11.1 Å². The maximum absolute atomic E-state index is 13.9. The average Bonchev–Trinajstić information content (AvgIpc) is 3.07. The summed E-state index contributed by atoms with van der Waals surface area (Å²) < 4.78 is 17.5. The monoisotopic (exact) mass is 609 g/mol. The van der Waals surface area contributed by atoms with Crippen LogP contribution in [0.4, 0.5) is 5.69 Å². The summed E-state index contributed by atoms with van der Waals surface area (Å²) in [7, 11) is 1.23. The van der Waals surface area contributed by atoms with Gasteiger partial charge in [0.1, 0.15) is 17.5 Å². The van der Waals surface area contributed by atoms with Gasteiger partial charge in [-0.15, -0.1) is 0 Å². The van der Waals surface area contributed by atoms with Gasteiger partial charge in [0, 0.05) is 18.6 Å². The number of aryl methyl sites for hydroxylation is 1. The molecule has 8 heteroatoms. The Labute approximate surface area is 264 Å². The Balaban J connectivity index is 1.53. The predicted octanol–water partition coefficient (Wildman–Crippen LogP) is 7.78. The summed E-state index contributed by atoms with van der Waals surface area (Å²) in [6.07, 6.45) is 2.43. The lowest BCUT2D eigenvalue weighted by Gasteiger charge is -2.34. The molecule has 0 heterocycles. The van der Waals surface area contributed by atoms with Gasteiger partial charge in [0.15, 0.2) is 6.79 Å². The molecular weight excluding hydrogens is 570 g/mol. The molecule has 0 aromatic heterocycles. The summed E-state index contributed by atoms with van der Waals surface area (Å²) in [6.45, 7) is 1.94. The molecule has 0 spiro atoms. The van der Waals surface area contributed by atoms with E-state index in [0.29, 0.717) is 30.6 Å². The first-order chi connectivity index (χ1) is 21.8. The molecule has 0 radical (unpaired) electrons. The Bertz CT molecular complexity index is 1540. The van der Waals surface area contributed by atoms with E-state index in [9.17, 15) is 19.7 Å². The summed E-state index contributed by atoms with van der Waals surface area (Å²) in [5, 5.41) is 11.3. The summed E-state index contributed by atoms with van der Waals surface area (Å²) in [5.74, 6) is -1.54. The first kappa shape index (κ1) is 33.1. The van der Waals surface area contributed by atoms with E-state index in [4.69, 9.17) is 14.2 Å². The van der Waals surface area contributed by atoms with Gasteiger partial charge in [-0.3, -0.25) is 19.7 Å². The molecule has 2 atom stereocenters. The minimum Gasteiger partial charge on any atom is -0.468 e. The molecule has 1 unspecified atom stereocenters. The molecule has 45 heavy (non-hydrogen) atoms. The van der Waals surface area contributed by atoms with Crippen LogP contribution in [0, 0.1) is 16.0 Å². The molecule has 0 aliphatic rings. The minimum atomic E-state index is -1.14. The minimum absolute atomic E-state index is 0.0155. The highest BCUT2D eigenvalue weighted by molar-refractivity contribution is 5.99. The van der Waals surface area contributed by atoms with E-state index in [1.54, 1.807) is 12.1 Å². The maximum Gasteiger partial charge on any atom is 0.316 e. The average molecular weight is 610 g/mol. The maximum atomic E-state index is 13.9. The lowest BCUT2D eigenvalue weighted by molar-refractivity contribution is -0.384. The summed E-state index contributed by atoms with van der Waals surface area (Å²) in [6, 6.07) is 33.7. The number of hydrogen-bond donors (Lipinski definition) is 0. The van der Waals surface area contributed by atoms with Gasteiger partial charge in [-0.1, -0.05) is 98.3 Å². The second-order valence-corrected chi connectivity index (χ2v) is 11.1. The molecule has 0 N–H and O–H groups in total. The number of carbonyl (C=O) groups excluding carboxylic acids is 2. The van der Waals surface area contributed by atoms with Gasteiger partial charge in [-0.2, -0.15) is 0 Å². The van der Waals surface area contributed by atoms with Crippen molar-refractivity contribution < 1.29 is 28.7 Å². The molecule has 0 saturated carbocycles. The summed E-state index contributed by atoms with van der Waals surface area (Å²) >= 11 is 0. The number of esters is 1. The van der Waals surface area contributed by atoms with E-state index in [1.165, 1.54) is 19.2 Å². The molecule has 0 aliphatic heterocycles. The lowest BCUT2D eigenvalue weighted by Crippen LogP contribution is -2.40. The Kier molecular flexibility index (Phi) is 12.0. The number of nitro benzene ring substituents is 1. The largest absolute Gasteiger partial charge is 0.468 e. The van der Waals surface area contributed by atoms with E-state index < -0.39 is 22.4 Å². The first-order valence-electron chi connectivity index (χ1n) is 15.1. The lowest BCUT2D eigenvalue weighted by atomic mass is 9.81. The van der Waals surface area contributed by atoms with Crippen LogP contribution in [0.15, 0.2) is 109 Å². The Morgan fingerprint density at radius 3 is 2.11 bits per heavy atom. The molecule has 234 valence electrons. The Hall–Kier alpha value is -4.82. The number of non-ortho nitro benzene ring substituents is 1. The first-order valence-corrected chi connectivity index (χ1v) is 15.1. The number of ketones is 1. The third kappa shape index (κ3) is 9.58. The second-order valence-electron chi connectivity index (χ2n) is 11.1. The van der Waals surface area contributed by atoms with Gasteiger partial charge in [0.2, 0.25) is 0 Å². The van der Waals surface area contributed by atoms with Gasteiger partial charge in [-0.25, -0.2) is 0 Å². The number of ether oxygens (including phenoxy) is 3. The fourth-order valence-corrected chi connectivity index (χ4v) is 5.51. The van der Waals surface area contributed by atoms with E-state index in [2.05, 4.69) is 0 Å². The van der Waals surface area contributed by atoms with Gasteiger partial charge in [-0.05, 0) is 60.1 Å². The number of rotatable bonds is 17. The van der Waals surface area contributed by atoms with Crippen molar-refractivity contribution in [1.29, 1.82) is 0 Å². The van der Waals surface area contributed by atoms with Crippen LogP contribution in [0.1, 0.15) is 43.7 Å². The molecule has 4 aromatic carbocycles. The van der Waals surface area contributed by atoms with Gasteiger partial charge in [0.25, 0.3) is 5.69 Å². The standard InChI is InChI=1S/C37H39NO7/c1-3-22-37(23-21-28-11-6-4-7-12-28,45-27-44-33-19-17-31(18-20-33)30-14-8-5-9-15-30)26-35(39)34(36(40)43-2)25-29-13-10-16-32(24-29)38(41)42/h4-20,24,34H,3,21-23,25-27H2,1-2H3/t34?,37-/m1/s1. The second kappa shape index (κ2) is 16.3. The van der Waals surface area contributed by atoms with Crippen LogP contribution in [0.2, 0.25) is 0 Å². The van der Waals surface area contributed by atoms with Gasteiger partial charge in [0.05, 0.1) is 17.6 Å². The smallest absolute Gasteiger partial charge is 0.316 e. The quantitative estimate of drug-likeness (QED) is 0.0396. The molecular formula is C37H39NO7. The highest BCUT2D eigenvalue weighted by Gasteiger charge is 2.38. The Morgan fingerprint density at radius 1 is 0.822 bits per heavy atom. The molecule has 0 bridgehead atoms. The van der Waals surface area contributed by atoms with Crippen molar-refractivity contribution in [2.75, 3.05) is 13.9 Å². The number of nitro groups is 1. The Morgan fingerprint density at radius 2 is 1.47 bits per heavy atom. The van der Waals surface area contributed by atoms with Crippen molar-refractivity contribution in [3.8, 4) is 16.9 Å². The third-order valence-electron chi connectivity index (χ3n) is 7.90. The van der Waals surface area contributed by atoms with Crippen LogP contribution in [-0.2, 0) is 31.9 Å². The molecule has 0 aliphatic carbocycles. The highest BCUT2D eigenvalue weighted by atomic mass is 16.7. The fourth-order valence-electron chi connectivity index (χ4n) is 5.51. The van der Waals surface area contributed by atoms with Crippen molar-refractivity contribution in [2.45, 2.75) is 51.0 Å². The molecule has 8 nitrogen and oxygen atoms in total. The molecule has 4 rings (SSSR count). The van der Waals surface area contributed by atoms with Crippen LogP contribution in [0.3, 0.4) is 0 Å². The van der Waals surface area contributed by atoms with Crippen molar-refractivity contribution in [2.24, 2.45) is 5.92 Å². The topological polar surface area (TPSA) is 105 Å².